The SMILES string of the molecule is CCOC(=O)C(F)[C@H](N)c1c(Br)ccc(C)c1O.Cl. The van der Waals surface area contributed by atoms with Gasteiger partial charge in [-0.1, -0.05) is 22.0 Å². The normalized spacial score (nSPS) is 13.3. The average molecular weight is 357 g/mol. The van der Waals surface area contributed by atoms with Crippen LogP contribution in [0.5, 0.6) is 5.75 Å². The fraction of sp³-hybridized carbons (Fsp3) is 0.417. The van der Waals surface area contributed by atoms with Gasteiger partial charge in [-0.2, -0.15) is 0 Å². The van der Waals surface area contributed by atoms with Gasteiger partial charge in [0.25, 0.3) is 0 Å². The first-order valence-electron chi connectivity index (χ1n) is 5.44. The summed E-state index contributed by atoms with van der Waals surface area (Å²) >= 11 is 3.18. The first-order valence-corrected chi connectivity index (χ1v) is 6.23. The molecule has 0 heterocycles. The predicted octanol–water partition coefficient (Wildman–Crippen LogP) is 2.79. The summed E-state index contributed by atoms with van der Waals surface area (Å²) in [5.41, 5.74) is 6.39. The molecule has 1 rings (SSSR count). The van der Waals surface area contributed by atoms with Crippen molar-refractivity contribution in [3.63, 3.8) is 0 Å². The quantitative estimate of drug-likeness (QED) is 0.814. The van der Waals surface area contributed by atoms with Crippen molar-refractivity contribution in [2.24, 2.45) is 5.73 Å². The highest BCUT2D eigenvalue weighted by atomic mass is 79.9. The molecule has 7 heteroatoms. The number of phenols is 1. The van der Waals surface area contributed by atoms with E-state index in [1.807, 2.05) is 0 Å². The molecule has 0 amide bonds. The highest BCUT2D eigenvalue weighted by molar-refractivity contribution is 9.10. The Kier molecular flexibility index (Phi) is 7.33. The molecule has 0 saturated carbocycles. The molecular formula is C12H16BrClFNO3. The van der Waals surface area contributed by atoms with E-state index in [1.165, 1.54) is 0 Å². The minimum atomic E-state index is -2.02. The Morgan fingerprint density at radius 2 is 2.16 bits per heavy atom. The first-order chi connectivity index (χ1) is 8.40. The van der Waals surface area contributed by atoms with Crippen LogP contribution in [0.25, 0.3) is 0 Å². The second-order valence-electron chi connectivity index (χ2n) is 3.81. The lowest BCUT2D eigenvalue weighted by Crippen LogP contribution is -2.31. The van der Waals surface area contributed by atoms with E-state index in [-0.39, 0.29) is 30.3 Å². The molecule has 0 bridgehead atoms. The summed E-state index contributed by atoms with van der Waals surface area (Å²) in [6.07, 6.45) is -2.02. The largest absolute Gasteiger partial charge is 0.507 e. The summed E-state index contributed by atoms with van der Waals surface area (Å²) in [6, 6.07) is 2.02. The molecule has 2 atom stereocenters. The topological polar surface area (TPSA) is 72.5 Å². The molecule has 0 aliphatic rings. The summed E-state index contributed by atoms with van der Waals surface area (Å²) in [7, 11) is 0. The van der Waals surface area contributed by atoms with Gasteiger partial charge in [0.2, 0.25) is 6.17 Å². The van der Waals surface area contributed by atoms with Crippen molar-refractivity contribution < 1.29 is 19.0 Å². The maximum Gasteiger partial charge on any atom is 0.342 e. The number of nitrogens with two attached hydrogens (primary N) is 1. The van der Waals surface area contributed by atoms with Crippen molar-refractivity contribution in [3.8, 4) is 5.75 Å². The van der Waals surface area contributed by atoms with Crippen LogP contribution in [-0.4, -0.2) is 23.9 Å². The number of hydrogen-bond acceptors (Lipinski definition) is 4. The van der Waals surface area contributed by atoms with E-state index in [0.717, 1.165) is 0 Å². The molecule has 0 spiro atoms. The Hall–Kier alpha value is -0.850. The van der Waals surface area contributed by atoms with Crippen LogP contribution >= 0.6 is 28.3 Å². The number of aryl methyl sites for hydroxylation is 1. The third-order valence-corrected chi connectivity index (χ3v) is 3.22. The lowest BCUT2D eigenvalue weighted by Gasteiger charge is -2.19. The fourth-order valence-electron chi connectivity index (χ4n) is 1.52. The number of carbonyl (C=O) groups excluding carboxylic acids is 1. The molecule has 108 valence electrons. The number of benzene rings is 1. The van der Waals surface area contributed by atoms with E-state index in [9.17, 15) is 14.3 Å². The molecule has 0 aromatic heterocycles. The van der Waals surface area contributed by atoms with Crippen LogP contribution in [0.1, 0.15) is 24.1 Å². The third kappa shape index (κ3) is 4.06. The molecule has 0 radical (unpaired) electrons. The van der Waals surface area contributed by atoms with Gasteiger partial charge in [-0.25, -0.2) is 9.18 Å². The molecule has 0 saturated heterocycles. The summed E-state index contributed by atoms with van der Waals surface area (Å²) in [5.74, 6) is -1.15. The molecule has 3 N–H and O–H groups in total. The molecule has 1 aromatic rings. The molecule has 1 aromatic carbocycles. The average Bonchev–Trinajstić information content (AvgIpc) is 2.33. The van der Waals surface area contributed by atoms with Crippen molar-refractivity contribution in [2.45, 2.75) is 26.1 Å². The standard InChI is InChI=1S/C12H15BrFNO3.ClH/c1-3-18-12(17)9(14)10(15)8-7(13)5-4-6(2)11(8)16;/h4-5,9-10,16H,3,15H2,1-2H3;1H/t9?,10-;/m1./s1. The first kappa shape index (κ1) is 18.1. The van der Waals surface area contributed by atoms with Gasteiger partial charge in [0.05, 0.1) is 12.6 Å². The van der Waals surface area contributed by atoms with Crippen molar-refractivity contribution in [2.75, 3.05) is 6.61 Å². The van der Waals surface area contributed by atoms with Crippen LogP contribution in [0.4, 0.5) is 4.39 Å². The summed E-state index contributed by atoms with van der Waals surface area (Å²) in [5, 5.41) is 9.88. The minimum Gasteiger partial charge on any atom is -0.507 e. The Balaban J connectivity index is 0.00000324. The number of ether oxygens (including phenoxy) is 1. The van der Waals surface area contributed by atoms with Gasteiger partial charge in [0.1, 0.15) is 5.75 Å². The fourth-order valence-corrected chi connectivity index (χ4v) is 2.11. The van der Waals surface area contributed by atoms with Gasteiger partial charge in [-0.05, 0) is 25.5 Å². The molecule has 0 aliphatic heterocycles. The Morgan fingerprint density at radius 1 is 1.58 bits per heavy atom. The molecule has 19 heavy (non-hydrogen) atoms. The number of phenolic OH excluding ortho intramolecular Hbond substituents is 1. The van der Waals surface area contributed by atoms with Crippen LogP contribution in [0.2, 0.25) is 0 Å². The number of aromatic hydroxyl groups is 1. The van der Waals surface area contributed by atoms with Gasteiger partial charge < -0.3 is 15.6 Å². The summed E-state index contributed by atoms with van der Waals surface area (Å²) in [4.78, 5) is 11.3. The van der Waals surface area contributed by atoms with Crippen molar-refractivity contribution >= 4 is 34.3 Å². The Labute approximate surface area is 125 Å². The Morgan fingerprint density at radius 3 is 2.68 bits per heavy atom. The van der Waals surface area contributed by atoms with Crippen molar-refractivity contribution in [1.29, 1.82) is 0 Å². The van der Waals surface area contributed by atoms with E-state index in [0.29, 0.717) is 10.0 Å². The van der Waals surface area contributed by atoms with Crippen molar-refractivity contribution in [3.05, 3.63) is 27.7 Å². The Bertz CT molecular complexity index is 459. The number of halogens is 3. The van der Waals surface area contributed by atoms with Crippen LogP contribution < -0.4 is 5.73 Å². The molecule has 0 aliphatic carbocycles. The monoisotopic (exact) mass is 355 g/mol. The van der Waals surface area contributed by atoms with Crippen LogP contribution in [0.3, 0.4) is 0 Å². The number of carbonyl (C=O) groups is 1. The van der Waals surface area contributed by atoms with Gasteiger partial charge >= 0.3 is 5.97 Å². The zero-order valence-corrected chi connectivity index (χ0v) is 12.9. The highest BCUT2D eigenvalue weighted by Gasteiger charge is 2.31. The zero-order chi connectivity index (χ0) is 13.9. The van der Waals surface area contributed by atoms with E-state index in [4.69, 9.17) is 5.73 Å². The molecule has 1 unspecified atom stereocenters. The zero-order valence-electron chi connectivity index (χ0n) is 10.5. The highest BCUT2D eigenvalue weighted by Crippen LogP contribution is 2.35. The second-order valence-corrected chi connectivity index (χ2v) is 4.66. The molecule has 0 fully saturated rings. The van der Waals surface area contributed by atoms with E-state index in [1.54, 1.807) is 26.0 Å². The third-order valence-electron chi connectivity index (χ3n) is 2.53. The lowest BCUT2D eigenvalue weighted by atomic mass is 10.00. The van der Waals surface area contributed by atoms with E-state index < -0.39 is 18.2 Å². The number of rotatable bonds is 4. The number of alkyl halides is 1. The van der Waals surface area contributed by atoms with Crippen LogP contribution in [-0.2, 0) is 9.53 Å². The maximum absolute atomic E-state index is 13.8. The van der Waals surface area contributed by atoms with E-state index >= 15 is 0 Å². The smallest absolute Gasteiger partial charge is 0.342 e. The van der Waals surface area contributed by atoms with Gasteiger partial charge in [0, 0.05) is 10.0 Å². The van der Waals surface area contributed by atoms with Crippen LogP contribution in [0.15, 0.2) is 16.6 Å². The summed E-state index contributed by atoms with van der Waals surface area (Å²) < 4.78 is 18.8. The van der Waals surface area contributed by atoms with Crippen molar-refractivity contribution in [1.82, 2.24) is 0 Å². The lowest BCUT2D eigenvalue weighted by molar-refractivity contribution is -0.149. The minimum absolute atomic E-state index is 0. The number of hydrogen-bond donors (Lipinski definition) is 2. The predicted molar refractivity (Wildman–Crippen MR) is 76.2 cm³/mol. The molecule has 4 nitrogen and oxygen atoms in total. The van der Waals surface area contributed by atoms with E-state index in [2.05, 4.69) is 20.7 Å². The summed E-state index contributed by atoms with van der Waals surface area (Å²) in [6.45, 7) is 3.32. The second kappa shape index (κ2) is 7.67. The van der Waals surface area contributed by atoms with Crippen LogP contribution in [0, 0.1) is 6.92 Å². The maximum atomic E-state index is 13.8. The number of esters is 1. The van der Waals surface area contributed by atoms with Gasteiger partial charge in [0.15, 0.2) is 0 Å². The van der Waals surface area contributed by atoms with Gasteiger partial charge in [-0.15, -0.1) is 12.4 Å². The molecular weight excluding hydrogens is 340 g/mol. The van der Waals surface area contributed by atoms with Gasteiger partial charge in [-0.3, -0.25) is 0 Å².